The van der Waals surface area contributed by atoms with Crippen LogP contribution in [0, 0.1) is 5.92 Å². The number of hydrogen-bond donors (Lipinski definition) is 1. The third kappa shape index (κ3) is 4.34. The summed E-state index contributed by atoms with van der Waals surface area (Å²) in [5, 5.41) is 0. The van der Waals surface area contributed by atoms with Crippen LogP contribution < -0.4 is 15.2 Å². The van der Waals surface area contributed by atoms with Crippen LogP contribution in [0.2, 0.25) is 0 Å². The lowest BCUT2D eigenvalue weighted by Crippen LogP contribution is -2.44. The maximum atomic E-state index is 6.23. The maximum Gasteiger partial charge on any atom is 0.191 e. The van der Waals surface area contributed by atoms with Gasteiger partial charge in [0.1, 0.15) is 0 Å². The zero-order valence-corrected chi connectivity index (χ0v) is 15.6. The van der Waals surface area contributed by atoms with E-state index in [1.807, 2.05) is 12.1 Å². The number of guanidine groups is 1. The molecule has 0 radical (unpaired) electrons. The number of benzene rings is 1. The normalized spacial score (nSPS) is 19.3. The van der Waals surface area contributed by atoms with Gasteiger partial charge in [-0.05, 0) is 36.5 Å². The van der Waals surface area contributed by atoms with Gasteiger partial charge in [0.2, 0.25) is 0 Å². The summed E-state index contributed by atoms with van der Waals surface area (Å²) in [5.41, 5.74) is 7.25. The largest absolute Gasteiger partial charge is 0.493 e. The lowest BCUT2D eigenvalue weighted by molar-refractivity contribution is 0.270. The summed E-state index contributed by atoms with van der Waals surface area (Å²) >= 11 is 0. The number of piperidine rings is 1. The van der Waals surface area contributed by atoms with Gasteiger partial charge >= 0.3 is 0 Å². The van der Waals surface area contributed by atoms with E-state index in [1.165, 1.54) is 12.8 Å². The Kier molecular flexibility index (Phi) is 5.97. The van der Waals surface area contributed by atoms with Crippen molar-refractivity contribution < 1.29 is 9.47 Å². The summed E-state index contributed by atoms with van der Waals surface area (Å²) in [6.07, 6.45) is 2.47. The van der Waals surface area contributed by atoms with E-state index in [1.54, 1.807) is 14.2 Å². The Hall–Kier alpha value is -1.91. The van der Waals surface area contributed by atoms with E-state index in [-0.39, 0.29) is 5.41 Å². The molecule has 0 spiro atoms. The third-order valence-electron chi connectivity index (χ3n) is 4.78. The molecule has 0 aliphatic carbocycles. The number of hydrogen-bond acceptors (Lipinski definition) is 3. The maximum absolute atomic E-state index is 6.23. The van der Waals surface area contributed by atoms with Gasteiger partial charge < -0.3 is 20.1 Å². The molecule has 1 atom stereocenters. The molecule has 5 nitrogen and oxygen atoms in total. The highest BCUT2D eigenvalue weighted by atomic mass is 16.5. The smallest absolute Gasteiger partial charge is 0.191 e. The highest BCUT2D eigenvalue weighted by Gasteiger charge is 2.23. The first-order valence-corrected chi connectivity index (χ1v) is 8.64. The minimum absolute atomic E-state index is 0.133. The molecule has 0 amide bonds. The predicted octanol–water partition coefficient (Wildman–Crippen LogP) is 3.03. The Balaban J connectivity index is 2.11. The first-order chi connectivity index (χ1) is 11.4. The molecule has 1 aliphatic heterocycles. The van der Waals surface area contributed by atoms with E-state index >= 15 is 0 Å². The zero-order chi connectivity index (χ0) is 17.7. The van der Waals surface area contributed by atoms with Gasteiger partial charge in [-0.3, -0.25) is 4.99 Å². The number of likely N-dealkylation sites (tertiary alicyclic amines) is 1. The quantitative estimate of drug-likeness (QED) is 0.665. The lowest BCUT2D eigenvalue weighted by atomic mass is 9.84. The molecular formula is C19H31N3O2. The fourth-order valence-electron chi connectivity index (χ4n) is 3.12. The lowest BCUT2D eigenvalue weighted by Gasteiger charge is -2.32. The third-order valence-corrected chi connectivity index (χ3v) is 4.78. The molecule has 0 bridgehead atoms. The number of ether oxygens (including phenoxy) is 2. The fraction of sp³-hybridized carbons (Fsp3) is 0.632. The van der Waals surface area contributed by atoms with Gasteiger partial charge in [-0.25, -0.2) is 0 Å². The molecule has 0 saturated carbocycles. The molecule has 1 aliphatic rings. The molecule has 1 aromatic rings. The number of rotatable bonds is 5. The predicted molar refractivity (Wildman–Crippen MR) is 99.0 cm³/mol. The van der Waals surface area contributed by atoms with E-state index in [9.17, 15) is 0 Å². The minimum atomic E-state index is -0.133. The Morgan fingerprint density at radius 1 is 1.29 bits per heavy atom. The van der Waals surface area contributed by atoms with Crippen LogP contribution in [-0.4, -0.2) is 44.7 Å². The number of aliphatic imine (C=N–C) groups is 1. The molecule has 2 rings (SSSR count). The van der Waals surface area contributed by atoms with Crippen LogP contribution in [0.1, 0.15) is 39.2 Å². The van der Waals surface area contributed by atoms with Crippen molar-refractivity contribution in [3.05, 3.63) is 23.8 Å². The van der Waals surface area contributed by atoms with Crippen molar-refractivity contribution in [3.63, 3.8) is 0 Å². The molecule has 0 aromatic heterocycles. The van der Waals surface area contributed by atoms with Crippen molar-refractivity contribution in [2.75, 3.05) is 33.9 Å². The van der Waals surface area contributed by atoms with Crippen molar-refractivity contribution in [1.82, 2.24) is 4.90 Å². The first kappa shape index (κ1) is 18.4. The Bertz CT molecular complexity index is 584. The number of nitrogens with zero attached hydrogens (tertiary/aromatic N) is 2. The summed E-state index contributed by atoms with van der Waals surface area (Å²) in [4.78, 5) is 6.88. The molecule has 1 saturated heterocycles. The van der Waals surface area contributed by atoms with Gasteiger partial charge in [0.15, 0.2) is 17.5 Å². The van der Waals surface area contributed by atoms with Crippen molar-refractivity contribution >= 4 is 5.96 Å². The SMILES string of the molecule is COc1ccc(C(C)(C)CN=C(N)N2CCCC(C)C2)cc1OC. The van der Waals surface area contributed by atoms with Crippen LogP contribution in [0.5, 0.6) is 11.5 Å². The van der Waals surface area contributed by atoms with Crippen molar-refractivity contribution in [2.45, 2.75) is 39.0 Å². The first-order valence-electron chi connectivity index (χ1n) is 8.64. The van der Waals surface area contributed by atoms with Crippen LogP contribution in [0.15, 0.2) is 23.2 Å². The van der Waals surface area contributed by atoms with Crippen LogP contribution >= 0.6 is 0 Å². The van der Waals surface area contributed by atoms with Gasteiger partial charge in [0.05, 0.1) is 20.8 Å². The van der Waals surface area contributed by atoms with Gasteiger partial charge in [-0.15, -0.1) is 0 Å². The average molecular weight is 333 g/mol. The molecule has 1 fully saturated rings. The second-order valence-electron chi connectivity index (χ2n) is 7.32. The topological polar surface area (TPSA) is 60.1 Å². The van der Waals surface area contributed by atoms with Crippen molar-refractivity contribution in [2.24, 2.45) is 16.6 Å². The molecule has 1 aromatic carbocycles. The zero-order valence-electron chi connectivity index (χ0n) is 15.6. The van der Waals surface area contributed by atoms with Gasteiger partial charge in [0, 0.05) is 18.5 Å². The Labute approximate surface area is 145 Å². The standard InChI is InChI=1S/C19H31N3O2/c1-14-7-6-10-22(12-14)18(20)21-13-19(2,3)15-8-9-16(23-4)17(11-15)24-5/h8-9,11,14H,6-7,10,12-13H2,1-5H3,(H2,20,21). The summed E-state index contributed by atoms with van der Waals surface area (Å²) in [5.74, 6) is 2.83. The highest BCUT2D eigenvalue weighted by molar-refractivity contribution is 5.78. The molecular weight excluding hydrogens is 302 g/mol. The van der Waals surface area contributed by atoms with Crippen LogP contribution in [0.3, 0.4) is 0 Å². The van der Waals surface area contributed by atoms with Crippen LogP contribution in [0.25, 0.3) is 0 Å². The second-order valence-corrected chi connectivity index (χ2v) is 7.32. The average Bonchev–Trinajstić information content (AvgIpc) is 2.59. The Morgan fingerprint density at radius 3 is 2.62 bits per heavy atom. The van der Waals surface area contributed by atoms with Gasteiger partial charge in [-0.2, -0.15) is 0 Å². The summed E-state index contributed by atoms with van der Waals surface area (Å²) in [7, 11) is 3.30. The Morgan fingerprint density at radius 2 is 2.00 bits per heavy atom. The molecule has 2 N–H and O–H groups in total. The van der Waals surface area contributed by atoms with E-state index in [4.69, 9.17) is 15.2 Å². The van der Waals surface area contributed by atoms with E-state index in [0.717, 1.165) is 30.2 Å². The minimum Gasteiger partial charge on any atom is -0.493 e. The van der Waals surface area contributed by atoms with Crippen molar-refractivity contribution in [3.8, 4) is 11.5 Å². The molecule has 5 heteroatoms. The molecule has 1 heterocycles. The molecule has 1 unspecified atom stereocenters. The van der Waals surface area contributed by atoms with Crippen molar-refractivity contribution in [1.29, 1.82) is 0 Å². The summed E-state index contributed by atoms with van der Waals surface area (Å²) in [6, 6.07) is 6.03. The van der Waals surface area contributed by atoms with E-state index < -0.39 is 0 Å². The van der Waals surface area contributed by atoms with E-state index in [2.05, 4.69) is 36.7 Å². The summed E-state index contributed by atoms with van der Waals surface area (Å²) in [6.45, 7) is 9.27. The van der Waals surface area contributed by atoms with E-state index in [0.29, 0.717) is 18.4 Å². The molecule has 134 valence electrons. The highest BCUT2D eigenvalue weighted by Crippen LogP contribution is 2.33. The molecule has 24 heavy (non-hydrogen) atoms. The number of methoxy groups -OCH3 is 2. The monoisotopic (exact) mass is 333 g/mol. The number of nitrogens with two attached hydrogens (primary N) is 1. The van der Waals surface area contributed by atoms with Gasteiger partial charge in [0.25, 0.3) is 0 Å². The van der Waals surface area contributed by atoms with Crippen LogP contribution in [-0.2, 0) is 5.41 Å². The summed E-state index contributed by atoms with van der Waals surface area (Å²) < 4.78 is 10.7. The van der Waals surface area contributed by atoms with Gasteiger partial charge in [-0.1, -0.05) is 26.8 Å². The fourth-order valence-corrected chi connectivity index (χ4v) is 3.12. The van der Waals surface area contributed by atoms with Crippen LogP contribution in [0.4, 0.5) is 0 Å². The second kappa shape index (κ2) is 7.77.